The molecule has 0 bridgehead atoms. The molecule has 158 valence electrons. The first-order valence-corrected chi connectivity index (χ1v) is 11.9. The number of benzene rings is 4. The number of pyridine rings is 1. The molecule has 0 amide bonds. The number of hydrogen-bond donors (Lipinski definition) is 0. The molecule has 3 aromatic heterocycles. The van der Waals surface area contributed by atoms with Gasteiger partial charge >= 0.3 is 0 Å². The van der Waals surface area contributed by atoms with E-state index in [2.05, 4.69) is 101 Å². The van der Waals surface area contributed by atoms with Crippen LogP contribution in [0.2, 0.25) is 0 Å². The van der Waals surface area contributed by atoms with Crippen LogP contribution in [-0.4, -0.2) is 9.55 Å². The molecule has 3 heterocycles. The van der Waals surface area contributed by atoms with Crippen molar-refractivity contribution in [3.05, 3.63) is 109 Å². The topological polar surface area (TPSA) is 41.6 Å². The van der Waals surface area contributed by atoms with Crippen LogP contribution >= 0.6 is 11.3 Å². The van der Waals surface area contributed by atoms with Crippen molar-refractivity contribution in [2.75, 3.05) is 0 Å². The van der Waals surface area contributed by atoms with Gasteiger partial charge in [0.05, 0.1) is 11.0 Å². The fourth-order valence-corrected chi connectivity index (χ4v) is 6.23. The van der Waals surface area contributed by atoms with Crippen LogP contribution in [-0.2, 0) is 0 Å². The first-order valence-electron chi connectivity index (χ1n) is 11.1. The zero-order chi connectivity index (χ0) is 22.6. The summed E-state index contributed by atoms with van der Waals surface area (Å²) in [5, 5.41) is 14.3. The fourth-order valence-electron chi connectivity index (χ4n) is 4.97. The van der Waals surface area contributed by atoms with Crippen molar-refractivity contribution >= 4 is 53.3 Å². The van der Waals surface area contributed by atoms with E-state index in [0.29, 0.717) is 5.69 Å². The summed E-state index contributed by atoms with van der Waals surface area (Å²) in [6.07, 6.45) is 1.77. The van der Waals surface area contributed by atoms with Gasteiger partial charge in [-0.2, -0.15) is 5.26 Å². The molecule has 3 nitrogen and oxygen atoms in total. The summed E-state index contributed by atoms with van der Waals surface area (Å²) in [7, 11) is 0. The Bertz CT molecular complexity index is 1920. The highest BCUT2D eigenvalue weighted by atomic mass is 32.1. The van der Waals surface area contributed by atoms with Crippen LogP contribution in [0.3, 0.4) is 0 Å². The quantitative estimate of drug-likeness (QED) is 0.266. The van der Waals surface area contributed by atoms with E-state index in [1.54, 1.807) is 12.3 Å². The molecule has 34 heavy (non-hydrogen) atoms. The van der Waals surface area contributed by atoms with Gasteiger partial charge in [0.1, 0.15) is 11.8 Å². The van der Waals surface area contributed by atoms with Crippen molar-refractivity contribution < 1.29 is 0 Å². The van der Waals surface area contributed by atoms with Crippen molar-refractivity contribution in [2.45, 2.75) is 0 Å². The number of hydrogen-bond acceptors (Lipinski definition) is 3. The third kappa shape index (κ3) is 2.71. The Morgan fingerprint density at radius 3 is 2.41 bits per heavy atom. The van der Waals surface area contributed by atoms with Gasteiger partial charge in [0.2, 0.25) is 0 Å². The lowest BCUT2D eigenvalue weighted by atomic mass is 10.1. The SMILES string of the molecule is N#Cc1ccc(-c2cccc(-n3c4ccccc4c4c5sc6ccccc6c5ccc43)c2)cn1. The predicted octanol–water partition coefficient (Wildman–Crippen LogP) is 8.09. The van der Waals surface area contributed by atoms with E-state index in [4.69, 9.17) is 5.26 Å². The number of aromatic nitrogens is 2. The number of thiophene rings is 1. The largest absolute Gasteiger partial charge is 0.309 e. The zero-order valence-corrected chi connectivity index (χ0v) is 18.9. The first kappa shape index (κ1) is 19.0. The maximum absolute atomic E-state index is 9.08. The fraction of sp³-hybridized carbons (Fsp3) is 0. The zero-order valence-electron chi connectivity index (χ0n) is 18.1. The van der Waals surface area contributed by atoms with Crippen molar-refractivity contribution in [3.8, 4) is 22.9 Å². The minimum absolute atomic E-state index is 0.426. The predicted molar refractivity (Wildman–Crippen MR) is 142 cm³/mol. The summed E-state index contributed by atoms with van der Waals surface area (Å²) in [5.41, 5.74) is 5.99. The van der Waals surface area contributed by atoms with Crippen LogP contribution in [0.15, 0.2) is 103 Å². The second-order valence-corrected chi connectivity index (χ2v) is 9.43. The highest BCUT2D eigenvalue weighted by Crippen LogP contribution is 2.43. The first-order chi connectivity index (χ1) is 16.8. The Kier molecular flexibility index (Phi) is 4.08. The second kappa shape index (κ2) is 7.28. The van der Waals surface area contributed by atoms with E-state index in [0.717, 1.165) is 16.8 Å². The van der Waals surface area contributed by atoms with Gasteiger partial charge in [-0.3, -0.25) is 0 Å². The van der Waals surface area contributed by atoms with E-state index in [9.17, 15) is 0 Å². The maximum Gasteiger partial charge on any atom is 0.140 e. The van der Waals surface area contributed by atoms with E-state index >= 15 is 0 Å². The Hall–Kier alpha value is -4.46. The molecule has 0 aliphatic heterocycles. The summed E-state index contributed by atoms with van der Waals surface area (Å²) in [5.74, 6) is 0. The third-order valence-electron chi connectivity index (χ3n) is 6.50. The van der Waals surface area contributed by atoms with Crippen molar-refractivity contribution in [1.82, 2.24) is 9.55 Å². The lowest BCUT2D eigenvalue weighted by molar-refractivity contribution is 1.18. The summed E-state index contributed by atoms with van der Waals surface area (Å²) < 4.78 is 5.01. The highest BCUT2D eigenvalue weighted by Gasteiger charge is 2.17. The van der Waals surface area contributed by atoms with Crippen LogP contribution in [0.5, 0.6) is 0 Å². The van der Waals surface area contributed by atoms with Gasteiger partial charge in [0, 0.05) is 48.4 Å². The van der Waals surface area contributed by atoms with Gasteiger partial charge in [0.15, 0.2) is 0 Å². The van der Waals surface area contributed by atoms with Gasteiger partial charge in [0.25, 0.3) is 0 Å². The summed E-state index contributed by atoms with van der Waals surface area (Å²) in [6, 6.07) is 36.2. The molecule has 0 N–H and O–H groups in total. The van der Waals surface area contributed by atoms with Crippen LogP contribution in [0, 0.1) is 11.3 Å². The number of fused-ring (bicyclic) bond motifs is 7. The minimum Gasteiger partial charge on any atom is -0.309 e. The normalized spacial score (nSPS) is 11.5. The molecule has 4 heteroatoms. The average molecular weight is 452 g/mol. The van der Waals surface area contributed by atoms with Crippen molar-refractivity contribution in [1.29, 1.82) is 5.26 Å². The molecule has 4 aromatic carbocycles. The van der Waals surface area contributed by atoms with E-state index in [1.807, 2.05) is 17.4 Å². The molecule has 0 atom stereocenters. The number of rotatable bonds is 2. The highest BCUT2D eigenvalue weighted by molar-refractivity contribution is 7.26. The Labute approximate surface area is 199 Å². The van der Waals surface area contributed by atoms with Crippen molar-refractivity contribution in [3.63, 3.8) is 0 Å². The van der Waals surface area contributed by atoms with Crippen LogP contribution < -0.4 is 0 Å². The van der Waals surface area contributed by atoms with E-state index in [-0.39, 0.29) is 0 Å². The molecule has 0 radical (unpaired) electrons. The molecule has 0 saturated carbocycles. The molecule has 0 unspecified atom stereocenters. The summed E-state index contributed by atoms with van der Waals surface area (Å²) >= 11 is 1.87. The monoisotopic (exact) mass is 451 g/mol. The number of nitrogens with zero attached hydrogens (tertiary/aromatic N) is 3. The minimum atomic E-state index is 0.426. The molecule has 0 aliphatic rings. The third-order valence-corrected chi connectivity index (χ3v) is 7.70. The Morgan fingerprint density at radius 2 is 1.56 bits per heavy atom. The Balaban J connectivity index is 1.53. The van der Waals surface area contributed by atoms with Gasteiger partial charge in [-0.05, 0) is 48.0 Å². The molecule has 7 rings (SSSR count). The van der Waals surface area contributed by atoms with Crippen molar-refractivity contribution in [2.24, 2.45) is 0 Å². The van der Waals surface area contributed by atoms with Gasteiger partial charge in [-0.1, -0.05) is 54.6 Å². The summed E-state index contributed by atoms with van der Waals surface area (Å²) in [6.45, 7) is 0. The summed E-state index contributed by atoms with van der Waals surface area (Å²) in [4.78, 5) is 4.25. The Morgan fingerprint density at radius 1 is 0.706 bits per heavy atom. The molecule has 0 aliphatic carbocycles. The maximum atomic E-state index is 9.08. The van der Waals surface area contributed by atoms with Gasteiger partial charge in [-0.25, -0.2) is 4.98 Å². The lowest BCUT2D eigenvalue weighted by Gasteiger charge is -2.10. The smallest absolute Gasteiger partial charge is 0.140 e. The standard InChI is InChI=1S/C30H17N3S/c31-17-21-13-12-20(18-32-21)19-6-5-7-22(16-19)33-26-10-3-1-9-25(26)29-27(33)15-14-24-23-8-2-4-11-28(23)34-30(24)29/h1-16,18H. The molecule has 0 fully saturated rings. The van der Waals surface area contributed by atoms with Crippen LogP contribution in [0.1, 0.15) is 5.69 Å². The molecule has 0 saturated heterocycles. The van der Waals surface area contributed by atoms with Crippen LogP contribution in [0.4, 0.5) is 0 Å². The van der Waals surface area contributed by atoms with E-state index in [1.165, 1.54) is 42.0 Å². The van der Waals surface area contributed by atoms with Crippen LogP contribution in [0.25, 0.3) is 58.8 Å². The average Bonchev–Trinajstić information content (AvgIpc) is 3.44. The van der Waals surface area contributed by atoms with E-state index < -0.39 is 0 Å². The van der Waals surface area contributed by atoms with Gasteiger partial charge < -0.3 is 4.57 Å². The molecule has 7 aromatic rings. The number of para-hydroxylation sites is 1. The molecular weight excluding hydrogens is 434 g/mol. The van der Waals surface area contributed by atoms with Gasteiger partial charge in [-0.15, -0.1) is 11.3 Å². The number of nitriles is 1. The lowest BCUT2D eigenvalue weighted by Crippen LogP contribution is -1.94. The molecule has 0 spiro atoms. The second-order valence-electron chi connectivity index (χ2n) is 8.38. The molecular formula is C30H17N3S.